The van der Waals surface area contributed by atoms with Crippen molar-refractivity contribution >= 4 is 15.7 Å². The number of non-ortho nitro benzene ring substituents is 1. The first-order valence-corrected chi connectivity index (χ1v) is 6.99. The van der Waals surface area contributed by atoms with Crippen LogP contribution in [0.5, 0.6) is 0 Å². The fourth-order valence-electron chi connectivity index (χ4n) is 1.67. The van der Waals surface area contributed by atoms with Crippen LogP contribution in [0.2, 0.25) is 0 Å². The van der Waals surface area contributed by atoms with Crippen LogP contribution in [-0.2, 0) is 10.0 Å². The van der Waals surface area contributed by atoms with Crippen molar-refractivity contribution in [2.75, 3.05) is 13.6 Å². The lowest BCUT2D eigenvalue weighted by Gasteiger charge is -2.19. The van der Waals surface area contributed by atoms with Crippen LogP contribution in [-0.4, -0.2) is 42.4 Å². The summed E-state index contributed by atoms with van der Waals surface area (Å²) in [5.41, 5.74) is 0.140. The number of nitro groups is 1. The van der Waals surface area contributed by atoms with Crippen LogP contribution in [0.1, 0.15) is 12.5 Å². The number of aryl methyl sites for hydroxylation is 1. The van der Waals surface area contributed by atoms with Crippen molar-refractivity contribution in [2.24, 2.45) is 0 Å². The Morgan fingerprint density at radius 1 is 1.47 bits per heavy atom. The van der Waals surface area contributed by atoms with Gasteiger partial charge < -0.3 is 5.11 Å². The highest BCUT2D eigenvalue weighted by molar-refractivity contribution is 7.89. The van der Waals surface area contributed by atoms with E-state index >= 15 is 0 Å². The maximum Gasteiger partial charge on any atom is 0.269 e. The SMILES string of the molecule is Cc1cc([N+](=O)[O-])ccc1S(=O)(=O)N(C)CC(C)O. The number of aliphatic hydroxyl groups is 1. The first-order chi connectivity index (χ1) is 8.66. The van der Waals surface area contributed by atoms with Crippen molar-refractivity contribution in [2.45, 2.75) is 24.8 Å². The molecule has 0 saturated carbocycles. The van der Waals surface area contributed by atoms with Crippen LogP contribution in [0.25, 0.3) is 0 Å². The molecule has 106 valence electrons. The van der Waals surface area contributed by atoms with Crippen LogP contribution >= 0.6 is 0 Å². The van der Waals surface area contributed by atoms with Crippen molar-refractivity contribution in [3.8, 4) is 0 Å². The Morgan fingerprint density at radius 3 is 2.47 bits per heavy atom. The molecular weight excluding hydrogens is 272 g/mol. The summed E-state index contributed by atoms with van der Waals surface area (Å²) in [5, 5.41) is 19.8. The predicted molar refractivity (Wildman–Crippen MR) is 69.3 cm³/mol. The summed E-state index contributed by atoms with van der Waals surface area (Å²) in [7, 11) is -2.41. The van der Waals surface area contributed by atoms with Gasteiger partial charge in [-0.05, 0) is 25.5 Å². The first-order valence-electron chi connectivity index (χ1n) is 5.55. The predicted octanol–water partition coefficient (Wildman–Crippen LogP) is 0.905. The average Bonchev–Trinajstić information content (AvgIpc) is 2.27. The average molecular weight is 288 g/mol. The van der Waals surface area contributed by atoms with Gasteiger partial charge in [-0.25, -0.2) is 8.42 Å². The molecule has 0 amide bonds. The Balaban J connectivity index is 3.19. The number of hydrogen-bond acceptors (Lipinski definition) is 5. The summed E-state index contributed by atoms with van der Waals surface area (Å²) in [6.45, 7) is 2.93. The van der Waals surface area contributed by atoms with Crippen LogP contribution in [0.3, 0.4) is 0 Å². The van der Waals surface area contributed by atoms with Gasteiger partial charge in [0.2, 0.25) is 10.0 Å². The van der Waals surface area contributed by atoms with Crippen molar-refractivity contribution in [3.05, 3.63) is 33.9 Å². The van der Waals surface area contributed by atoms with Gasteiger partial charge >= 0.3 is 0 Å². The fourth-order valence-corrected chi connectivity index (χ4v) is 3.13. The third-order valence-electron chi connectivity index (χ3n) is 2.58. The van der Waals surface area contributed by atoms with E-state index in [2.05, 4.69) is 0 Å². The minimum absolute atomic E-state index is 0.00116. The molecule has 0 fully saturated rings. The summed E-state index contributed by atoms with van der Waals surface area (Å²) in [6.07, 6.45) is -0.793. The third-order valence-corrected chi connectivity index (χ3v) is 4.56. The summed E-state index contributed by atoms with van der Waals surface area (Å²) in [6, 6.07) is 3.57. The number of likely N-dealkylation sites (N-methyl/N-ethyl adjacent to an activating group) is 1. The zero-order valence-corrected chi connectivity index (χ0v) is 11.7. The van der Waals surface area contributed by atoms with E-state index in [1.807, 2.05) is 0 Å². The lowest BCUT2D eigenvalue weighted by molar-refractivity contribution is -0.385. The highest BCUT2D eigenvalue weighted by atomic mass is 32.2. The summed E-state index contributed by atoms with van der Waals surface area (Å²) in [5.74, 6) is 0. The van der Waals surface area contributed by atoms with Crippen molar-refractivity contribution in [1.29, 1.82) is 0 Å². The number of benzene rings is 1. The molecule has 8 heteroatoms. The minimum atomic E-state index is -3.76. The number of aliphatic hydroxyl groups excluding tert-OH is 1. The maximum atomic E-state index is 12.2. The van der Waals surface area contributed by atoms with Crippen molar-refractivity contribution in [3.63, 3.8) is 0 Å². The van der Waals surface area contributed by atoms with Gasteiger partial charge in [0.05, 0.1) is 15.9 Å². The van der Waals surface area contributed by atoms with Crippen LogP contribution in [0.15, 0.2) is 23.1 Å². The Morgan fingerprint density at radius 2 is 2.05 bits per heavy atom. The van der Waals surface area contributed by atoms with E-state index in [4.69, 9.17) is 0 Å². The molecule has 0 spiro atoms. The molecule has 7 nitrogen and oxygen atoms in total. The van der Waals surface area contributed by atoms with Crippen molar-refractivity contribution < 1.29 is 18.4 Å². The number of rotatable bonds is 5. The lowest BCUT2D eigenvalue weighted by atomic mass is 10.2. The van der Waals surface area contributed by atoms with Crippen molar-refractivity contribution in [1.82, 2.24) is 4.31 Å². The van der Waals surface area contributed by atoms with Gasteiger partial charge in [0.25, 0.3) is 5.69 Å². The van der Waals surface area contributed by atoms with E-state index in [0.29, 0.717) is 5.56 Å². The third kappa shape index (κ3) is 3.49. The quantitative estimate of drug-likeness (QED) is 0.641. The van der Waals surface area contributed by atoms with E-state index in [1.54, 1.807) is 0 Å². The van der Waals surface area contributed by atoms with E-state index in [9.17, 15) is 23.6 Å². The number of hydrogen-bond donors (Lipinski definition) is 1. The highest BCUT2D eigenvalue weighted by Crippen LogP contribution is 2.23. The monoisotopic (exact) mass is 288 g/mol. The summed E-state index contributed by atoms with van der Waals surface area (Å²) >= 11 is 0. The molecule has 0 aromatic heterocycles. The maximum absolute atomic E-state index is 12.2. The molecule has 0 heterocycles. The molecule has 0 radical (unpaired) electrons. The van der Waals surface area contributed by atoms with Gasteiger partial charge in [-0.1, -0.05) is 0 Å². The Hall–Kier alpha value is -1.51. The molecule has 1 rings (SSSR count). The summed E-state index contributed by atoms with van der Waals surface area (Å²) in [4.78, 5) is 10.0. The first kappa shape index (κ1) is 15.5. The summed E-state index contributed by atoms with van der Waals surface area (Å²) < 4.78 is 25.4. The molecule has 1 atom stereocenters. The topological polar surface area (TPSA) is 101 Å². The van der Waals surface area contributed by atoms with Gasteiger partial charge in [0, 0.05) is 25.7 Å². The molecule has 1 N–H and O–H groups in total. The standard InChI is InChI=1S/C11H16N2O5S/c1-8-6-10(13(15)16)4-5-11(8)19(17,18)12(3)7-9(2)14/h4-6,9,14H,7H2,1-3H3. The lowest BCUT2D eigenvalue weighted by Crippen LogP contribution is -2.33. The molecule has 1 unspecified atom stereocenters. The molecule has 0 aliphatic rings. The minimum Gasteiger partial charge on any atom is -0.392 e. The second-order valence-corrected chi connectivity index (χ2v) is 6.35. The second kappa shape index (κ2) is 5.64. The Kier molecular flexibility index (Phi) is 4.61. The molecule has 0 bridgehead atoms. The molecule has 0 saturated heterocycles. The van der Waals surface area contributed by atoms with Gasteiger partial charge in [0.1, 0.15) is 0 Å². The molecule has 19 heavy (non-hydrogen) atoms. The Bertz CT molecular complexity index is 583. The van der Waals surface area contributed by atoms with Gasteiger partial charge in [-0.15, -0.1) is 0 Å². The zero-order chi connectivity index (χ0) is 14.8. The van der Waals surface area contributed by atoms with E-state index < -0.39 is 21.1 Å². The largest absolute Gasteiger partial charge is 0.392 e. The van der Waals surface area contributed by atoms with Crippen LogP contribution < -0.4 is 0 Å². The van der Waals surface area contributed by atoms with E-state index in [0.717, 1.165) is 10.4 Å². The molecule has 1 aromatic carbocycles. The van der Waals surface area contributed by atoms with Crippen LogP contribution in [0, 0.1) is 17.0 Å². The van der Waals surface area contributed by atoms with E-state index in [1.165, 1.54) is 33.0 Å². The number of nitrogens with zero attached hydrogens (tertiary/aromatic N) is 2. The zero-order valence-electron chi connectivity index (χ0n) is 10.9. The molecular formula is C11H16N2O5S. The van der Waals surface area contributed by atoms with Gasteiger partial charge in [0.15, 0.2) is 0 Å². The fraction of sp³-hybridized carbons (Fsp3) is 0.455. The van der Waals surface area contributed by atoms with Gasteiger partial charge in [-0.3, -0.25) is 10.1 Å². The van der Waals surface area contributed by atoms with Gasteiger partial charge in [-0.2, -0.15) is 4.31 Å². The highest BCUT2D eigenvalue weighted by Gasteiger charge is 2.24. The second-order valence-electron chi connectivity index (χ2n) is 4.34. The number of nitro benzene ring substituents is 1. The Labute approximate surface area is 111 Å². The van der Waals surface area contributed by atoms with E-state index in [-0.39, 0.29) is 17.1 Å². The normalized spacial score (nSPS) is 13.5. The molecule has 0 aliphatic heterocycles. The molecule has 1 aromatic rings. The molecule has 0 aliphatic carbocycles. The van der Waals surface area contributed by atoms with Crippen LogP contribution in [0.4, 0.5) is 5.69 Å². The number of sulfonamides is 1. The smallest absolute Gasteiger partial charge is 0.269 e.